The van der Waals surface area contributed by atoms with Gasteiger partial charge in [0.2, 0.25) is 5.91 Å². The zero-order chi connectivity index (χ0) is 33.3. The number of para-hydroxylation sites is 3. The third kappa shape index (κ3) is 9.69. The third-order valence-corrected chi connectivity index (χ3v) is 8.55. The predicted octanol–water partition coefficient (Wildman–Crippen LogP) is 4.13. The summed E-state index contributed by atoms with van der Waals surface area (Å²) in [4.78, 5) is 39.4. The maximum Gasteiger partial charge on any atom is 0.410 e. The molecule has 1 atom stereocenters. The molecule has 1 fully saturated rings. The second kappa shape index (κ2) is 15.1. The Balaban J connectivity index is 1.29. The number of nitrogens with zero attached hydrogens (tertiary/aromatic N) is 1. The standard InChI is InChI=1S/C33H40N4O8S/c1-33(2,3)45-32(41)37-19-17-23(18-20-37)21-34-31(40)28(22-38)35-30(39)24-13-15-26(16-14-24)46(42,43)36-27-11-7-8-12-29(27)44-25-9-5-4-6-10-25/h4-16,23,28,36,38H,17-22H2,1-3H3,(H,34,40)(H,35,39)/t28-/m0/s1. The molecule has 3 amide bonds. The van der Waals surface area contributed by atoms with Crippen molar-refractivity contribution < 1.29 is 37.4 Å². The van der Waals surface area contributed by atoms with Crippen LogP contribution in [0.15, 0.2) is 83.8 Å². The fourth-order valence-corrected chi connectivity index (χ4v) is 5.76. The van der Waals surface area contributed by atoms with Crippen LogP contribution in [-0.2, 0) is 19.6 Å². The molecule has 13 heteroatoms. The summed E-state index contributed by atoms with van der Waals surface area (Å²) in [5.41, 5.74) is -0.236. The van der Waals surface area contributed by atoms with E-state index in [-0.39, 0.29) is 28.2 Å². The maximum absolute atomic E-state index is 13.1. The lowest BCUT2D eigenvalue weighted by molar-refractivity contribution is -0.124. The molecule has 0 spiro atoms. The van der Waals surface area contributed by atoms with Crippen LogP contribution in [0.25, 0.3) is 0 Å². The lowest BCUT2D eigenvalue weighted by atomic mass is 9.97. The summed E-state index contributed by atoms with van der Waals surface area (Å²) in [5.74, 6) is -0.228. The van der Waals surface area contributed by atoms with Crippen LogP contribution in [0, 0.1) is 5.92 Å². The summed E-state index contributed by atoms with van der Waals surface area (Å²) < 4.78 is 40.0. The molecule has 0 aliphatic carbocycles. The molecule has 46 heavy (non-hydrogen) atoms. The molecule has 1 aliphatic rings. The molecule has 3 aromatic carbocycles. The molecule has 246 valence electrons. The number of nitrogens with one attached hydrogen (secondary N) is 3. The van der Waals surface area contributed by atoms with Gasteiger partial charge in [-0.3, -0.25) is 14.3 Å². The van der Waals surface area contributed by atoms with Crippen molar-refractivity contribution in [3.05, 3.63) is 84.4 Å². The summed E-state index contributed by atoms with van der Waals surface area (Å²) in [6, 6.07) is 19.5. The summed E-state index contributed by atoms with van der Waals surface area (Å²) in [5, 5.41) is 15.1. The molecule has 0 unspecified atom stereocenters. The van der Waals surface area contributed by atoms with Crippen molar-refractivity contribution in [3.8, 4) is 11.5 Å². The number of carbonyl (C=O) groups is 3. The molecule has 0 bridgehead atoms. The fourth-order valence-electron chi connectivity index (χ4n) is 4.69. The molecular weight excluding hydrogens is 612 g/mol. The van der Waals surface area contributed by atoms with Crippen LogP contribution in [0.4, 0.5) is 10.5 Å². The average Bonchev–Trinajstić information content (AvgIpc) is 3.03. The van der Waals surface area contributed by atoms with Gasteiger partial charge < -0.3 is 30.1 Å². The van der Waals surface area contributed by atoms with Crippen LogP contribution in [0.5, 0.6) is 11.5 Å². The minimum atomic E-state index is -4.04. The van der Waals surface area contributed by atoms with Crippen LogP contribution >= 0.6 is 0 Å². The van der Waals surface area contributed by atoms with Crippen molar-refractivity contribution in [3.63, 3.8) is 0 Å². The number of hydrogen-bond acceptors (Lipinski definition) is 8. The minimum Gasteiger partial charge on any atom is -0.455 e. The Morgan fingerprint density at radius 2 is 1.57 bits per heavy atom. The number of likely N-dealkylation sites (tertiary alicyclic amines) is 1. The topological polar surface area (TPSA) is 163 Å². The van der Waals surface area contributed by atoms with Gasteiger partial charge in [0.15, 0.2) is 5.75 Å². The number of benzene rings is 3. The largest absolute Gasteiger partial charge is 0.455 e. The first-order valence-electron chi connectivity index (χ1n) is 15.0. The lowest BCUT2D eigenvalue weighted by Crippen LogP contribution is -2.50. The van der Waals surface area contributed by atoms with Crippen LogP contribution in [0.3, 0.4) is 0 Å². The maximum atomic E-state index is 13.1. The van der Waals surface area contributed by atoms with E-state index in [9.17, 15) is 27.9 Å². The highest BCUT2D eigenvalue weighted by molar-refractivity contribution is 7.92. The Labute approximate surface area is 269 Å². The van der Waals surface area contributed by atoms with E-state index in [2.05, 4.69) is 15.4 Å². The number of aliphatic hydroxyl groups is 1. The number of anilines is 1. The Kier molecular flexibility index (Phi) is 11.3. The molecular formula is C33H40N4O8S. The van der Waals surface area contributed by atoms with E-state index in [0.717, 1.165) is 0 Å². The Hall–Kier alpha value is -4.62. The van der Waals surface area contributed by atoms with Crippen LogP contribution in [0.2, 0.25) is 0 Å². The Bertz CT molecular complexity index is 1600. The summed E-state index contributed by atoms with van der Waals surface area (Å²) >= 11 is 0. The van der Waals surface area contributed by atoms with E-state index in [1.807, 2.05) is 26.8 Å². The minimum absolute atomic E-state index is 0.0901. The Morgan fingerprint density at radius 3 is 2.20 bits per heavy atom. The first-order chi connectivity index (χ1) is 21.8. The van der Waals surface area contributed by atoms with E-state index in [1.54, 1.807) is 53.4 Å². The molecule has 3 aromatic rings. The second-order valence-electron chi connectivity index (χ2n) is 11.9. The van der Waals surface area contributed by atoms with Crippen LogP contribution < -0.4 is 20.1 Å². The van der Waals surface area contributed by atoms with Crippen LogP contribution in [-0.4, -0.2) is 74.2 Å². The normalized spacial score (nSPS) is 14.6. The van der Waals surface area contributed by atoms with E-state index >= 15 is 0 Å². The zero-order valence-electron chi connectivity index (χ0n) is 26.1. The van der Waals surface area contributed by atoms with Gasteiger partial charge in [-0.2, -0.15) is 0 Å². The molecule has 1 heterocycles. The molecule has 0 aromatic heterocycles. The van der Waals surface area contributed by atoms with Gasteiger partial charge in [-0.1, -0.05) is 30.3 Å². The molecule has 4 N–H and O–H groups in total. The van der Waals surface area contributed by atoms with Gasteiger partial charge in [0.1, 0.15) is 17.4 Å². The highest BCUT2D eigenvalue weighted by Crippen LogP contribution is 2.31. The predicted molar refractivity (Wildman–Crippen MR) is 172 cm³/mol. The number of piperidine rings is 1. The summed E-state index contributed by atoms with van der Waals surface area (Å²) in [6.45, 7) is 6.14. The molecule has 0 radical (unpaired) electrons. The number of carbonyl (C=O) groups excluding carboxylic acids is 3. The van der Waals surface area contributed by atoms with Gasteiger partial charge in [0, 0.05) is 25.2 Å². The smallest absolute Gasteiger partial charge is 0.410 e. The molecule has 4 rings (SSSR count). The van der Waals surface area contributed by atoms with Crippen LogP contribution in [0.1, 0.15) is 44.0 Å². The SMILES string of the molecule is CC(C)(C)OC(=O)N1CCC(CNC(=O)[C@H](CO)NC(=O)c2ccc(S(=O)(=O)Nc3ccccc3Oc3ccccc3)cc2)CC1. The van der Waals surface area contributed by atoms with Gasteiger partial charge in [0.05, 0.1) is 17.2 Å². The van der Waals surface area contributed by atoms with Crippen molar-refractivity contribution in [2.24, 2.45) is 5.92 Å². The number of sulfonamides is 1. The highest BCUT2D eigenvalue weighted by atomic mass is 32.2. The molecule has 1 saturated heterocycles. The van der Waals surface area contributed by atoms with Gasteiger partial charge >= 0.3 is 6.09 Å². The number of ether oxygens (including phenoxy) is 2. The third-order valence-electron chi connectivity index (χ3n) is 7.16. The summed E-state index contributed by atoms with van der Waals surface area (Å²) in [6.07, 6.45) is 0.982. The van der Waals surface area contributed by atoms with Gasteiger partial charge in [-0.05, 0) is 88.1 Å². The number of hydrogen-bond donors (Lipinski definition) is 4. The number of aliphatic hydroxyl groups excluding tert-OH is 1. The highest BCUT2D eigenvalue weighted by Gasteiger charge is 2.28. The van der Waals surface area contributed by atoms with Crippen molar-refractivity contribution in [1.82, 2.24) is 15.5 Å². The Morgan fingerprint density at radius 1 is 0.935 bits per heavy atom. The monoisotopic (exact) mass is 652 g/mol. The van der Waals surface area contributed by atoms with Crippen molar-refractivity contribution in [2.75, 3.05) is 31.0 Å². The first kappa shape index (κ1) is 34.3. The number of amides is 3. The average molecular weight is 653 g/mol. The summed E-state index contributed by atoms with van der Waals surface area (Å²) in [7, 11) is -4.04. The zero-order valence-corrected chi connectivity index (χ0v) is 26.9. The molecule has 1 aliphatic heterocycles. The fraction of sp³-hybridized carbons (Fsp3) is 0.364. The molecule has 0 saturated carbocycles. The van der Waals surface area contributed by atoms with Gasteiger partial charge in [0.25, 0.3) is 15.9 Å². The van der Waals surface area contributed by atoms with Gasteiger partial charge in [-0.15, -0.1) is 0 Å². The number of rotatable bonds is 11. The quantitative estimate of drug-likeness (QED) is 0.240. The van der Waals surface area contributed by atoms with Crippen molar-refractivity contribution in [2.45, 2.75) is 50.2 Å². The van der Waals surface area contributed by atoms with E-state index < -0.39 is 40.1 Å². The van der Waals surface area contributed by atoms with Crippen molar-refractivity contribution in [1.29, 1.82) is 0 Å². The first-order valence-corrected chi connectivity index (χ1v) is 16.4. The second-order valence-corrected chi connectivity index (χ2v) is 13.6. The van der Waals surface area contributed by atoms with Crippen molar-refractivity contribution >= 4 is 33.6 Å². The van der Waals surface area contributed by atoms with E-state index in [4.69, 9.17) is 9.47 Å². The molecule has 12 nitrogen and oxygen atoms in total. The van der Waals surface area contributed by atoms with E-state index in [1.165, 1.54) is 24.3 Å². The van der Waals surface area contributed by atoms with E-state index in [0.29, 0.717) is 44.0 Å². The lowest BCUT2D eigenvalue weighted by Gasteiger charge is -2.33. The van der Waals surface area contributed by atoms with Gasteiger partial charge in [-0.25, -0.2) is 13.2 Å².